The Morgan fingerprint density at radius 3 is 2.71 bits per heavy atom. The Morgan fingerprint density at radius 2 is 2.10 bits per heavy atom. The lowest BCUT2D eigenvalue weighted by Crippen LogP contribution is -2.10. The number of carbonyl (C=O) groups is 1. The van der Waals surface area contributed by atoms with Crippen LogP contribution in [0.25, 0.3) is 10.8 Å². The van der Waals surface area contributed by atoms with Crippen molar-refractivity contribution in [1.29, 1.82) is 0 Å². The molecule has 6 nitrogen and oxygen atoms in total. The zero-order chi connectivity index (χ0) is 15.0. The molecule has 3 rings (SSSR count). The molecule has 0 unspecified atom stereocenters. The molecule has 0 aliphatic carbocycles. The average Bonchev–Trinajstić information content (AvgIpc) is 3.10. The highest BCUT2D eigenvalue weighted by molar-refractivity contribution is 7.18. The third-order valence-electron chi connectivity index (χ3n) is 2.54. The molecule has 9 heteroatoms. The summed E-state index contributed by atoms with van der Waals surface area (Å²) < 4.78 is 5.99. The van der Waals surface area contributed by atoms with Crippen molar-refractivity contribution < 1.29 is 9.21 Å². The van der Waals surface area contributed by atoms with Crippen molar-refractivity contribution in [2.75, 3.05) is 5.32 Å². The molecule has 0 fully saturated rings. The van der Waals surface area contributed by atoms with E-state index in [1.807, 2.05) is 13.8 Å². The first-order valence-corrected chi connectivity index (χ1v) is 7.88. The van der Waals surface area contributed by atoms with E-state index in [-0.39, 0.29) is 11.9 Å². The molecule has 108 valence electrons. The van der Waals surface area contributed by atoms with E-state index in [4.69, 9.17) is 16.0 Å². The lowest BCUT2D eigenvalue weighted by molar-refractivity contribution is 0.102. The molecule has 1 amide bonds. The fraction of sp³-hybridized carbons (Fsp3) is 0.167. The number of halogens is 1. The van der Waals surface area contributed by atoms with Crippen LogP contribution in [0.4, 0.5) is 6.01 Å². The largest absolute Gasteiger partial charge is 0.402 e. The van der Waals surface area contributed by atoms with Gasteiger partial charge in [0, 0.05) is 0 Å². The average molecular weight is 341 g/mol. The van der Waals surface area contributed by atoms with Gasteiger partial charge in [-0.3, -0.25) is 10.1 Å². The van der Waals surface area contributed by atoms with Crippen LogP contribution < -0.4 is 5.32 Å². The van der Waals surface area contributed by atoms with E-state index in [1.165, 1.54) is 22.7 Å². The third-order valence-corrected chi connectivity index (χ3v) is 4.83. The fourth-order valence-corrected chi connectivity index (χ4v) is 3.47. The number of thiazole rings is 1. The molecule has 3 aromatic rings. The lowest BCUT2D eigenvalue weighted by atomic mass is 10.4. The number of aryl methyl sites for hydroxylation is 2. The van der Waals surface area contributed by atoms with E-state index in [2.05, 4.69) is 20.5 Å². The Morgan fingerprint density at radius 1 is 1.29 bits per heavy atom. The molecular formula is C12H9ClN4O2S2. The molecule has 0 bridgehead atoms. The van der Waals surface area contributed by atoms with Crippen molar-refractivity contribution in [3.05, 3.63) is 32.0 Å². The molecule has 0 saturated heterocycles. The van der Waals surface area contributed by atoms with Crippen LogP contribution in [0.15, 0.2) is 16.5 Å². The number of nitrogens with one attached hydrogen (secondary N) is 1. The Balaban J connectivity index is 1.79. The van der Waals surface area contributed by atoms with Crippen molar-refractivity contribution in [2.45, 2.75) is 13.8 Å². The van der Waals surface area contributed by atoms with Crippen molar-refractivity contribution in [3.8, 4) is 10.8 Å². The van der Waals surface area contributed by atoms with Gasteiger partial charge in [-0.15, -0.1) is 27.8 Å². The molecule has 0 radical (unpaired) electrons. The zero-order valence-electron chi connectivity index (χ0n) is 11.0. The predicted molar refractivity (Wildman–Crippen MR) is 82.2 cm³/mol. The molecule has 0 atom stereocenters. The Bertz CT molecular complexity index is 808. The van der Waals surface area contributed by atoms with Crippen molar-refractivity contribution in [2.24, 2.45) is 0 Å². The number of thiophene rings is 1. The van der Waals surface area contributed by atoms with E-state index in [0.29, 0.717) is 15.1 Å². The second-order valence-electron chi connectivity index (χ2n) is 4.12. The highest BCUT2D eigenvalue weighted by Gasteiger charge is 2.17. The summed E-state index contributed by atoms with van der Waals surface area (Å²) in [6.45, 7) is 3.77. The summed E-state index contributed by atoms with van der Waals surface area (Å²) in [6.07, 6.45) is 0. The van der Waals surface area contributed by atoms with Crippen LogP contribution in [0.5, 0.6) is 0 Å². The number of carbonyl (C=O) groups excluding carboxylic acids is 1. The van der Waals surface area contributed by atoms with Gasteiger partial charge in [-0.25, -0.2) is 4.98 Å². The minimum Gasteiger partial charge on any atom is -0.402 e. The predicted octanol–water partition coefficient (Wildman–Crippen LogP) is 3.78. The zero-order valence-corrected chi connectivity index (χ0v) is 13.4. The van der Waals surface area contributed by atoms with Gasteiger partial charge in [-0.1, -0.05) is 16.7 Å². The van der Waals surface area contributed by atoms with Gasteiger partial charge < -0.3 is 4.42 Å². The summed E-state index contributed by atoms with van der Waals surface area (Å²) in [4.78, 5) is 17.5. The normalized spacial score (nSPS) is 10.8. The molecule has 3 aromatic heterocycles. The third kappa shape index (κ3) is 2.97. The fourth-order valence-electron chi connectivity index (χ4n) is 1.69. The van der Waals surface area contributed by atoms with E-state index in [9.17, 15) is 4.79 Å². The highest BCUT2D eigenvalue weighted by atomic mass is 35.5. The maximum absolute atomic E-state index is 11.9. The summed E-state index contributed by atoms with van der Waals surface area (Å²) in [6, 6.07) is 3.34. The number of nitrogens with zero attached hydrogens (tertiary/aromatic N) is 3. The van der Waals surface area contributed by atoms with Gasteiger partial charge in [0.05, 0.1) is 19.9 Å². The van der Waals surface area contributed by atoms with Crippen molar-refractivity contribution >= 4 is 46.2 Å². The van der Waals surface area contributed by atoms with E-state index in [1.54, 1.807) is 12.1 Å². The molecule has 21 heavy (non-hydrogen) atoms. The van der Waals surface area contributed by atoms with Gasteiger partial charge in [0.2, 0.25) is 0 Å². The summed E-state index contributed by atoms with van der Waals surface area (Å²) in [5.41, 5.74) is 0.823. The van der Waals surface area contributed by atoms with Crippen LogP contribution in [0.2, 0.25) is 4.34 Å². The summed E-state index contributed by atoms with van der Waals surface area (Å²) in [7, 11) is 0. The van der Waals surface area contributed by atoms with Crippen LogP contribution >= 0.6 is 34.3 Å². The molecule has 0 aliphatic heterocycles. The number of amides is 1. The molecule has 1 N–H and O–H groups in total. The number of rotatable bonds is 3. The molecular weight excluding hydrogens is 332 g/mol. The van der Waals surface area contributed by atoms with Crippen LogP contribution in [0, 0.1) is 13.8 Å². The Labute approximate surface area is 132 Å². The first-order valence-electron chi connectivity index (χ1n) is 5.87. The first kappa shape index (κ1) is 14.2. The molecule has 3 heterocycles. The summed E-state index contributed by atoms with van der Waals surface area (Å²) in [5.74, 6) is 0.0110. The maximum Gasteiger partial charge on any atom is 0.322 e. The number of hydrogen-bond donors (Lipinski definition) is 1. The quantitative estimate of drug-likeness (QED) is 0.784. The number of anilines is 1. The maximum atomic E-state index is 11.9. The molecule has 0 aromatic carbocycles. The van der Waals surface area contributed by atoms with Gasteiger partial charge in [-0.2, -0.15) is 0 Å². The van der Waals surface area contributed by atoms with E-state index >= 15 is 0 Å². The molecule has 0 spiro atoms. The van der Waals surface area contributed by atoms with Gasteiger partial charge in [-0.05, 0) is 26.0 Å². The summed E-state index contributed by atoms with van der Waals surface area (Å²) >= 11 is 8.44. The second kappa shape index (κ2) is 5.55. The van der Waals surface area contributed by atoms with Gasteiger partial charge >= 0.3 is 6.01 Å². The van der Waals surface area contributed by atoms with Gasteiger partial charge in [0.25, 0.3) is 11.8 Å². The van der Waals surface area contributed by atoms with Crippen LogP contribution in [-0.4, -0.2) is 21.1 Å². The van der Waals surface area contributed by atoms with Crippen molar-refractivity contribution in [1.82, 2.24) is 15.2 Å². The number of aromatic nitrogens is 3. The van der Waals surface area contributed by atoms with Gasteiger partial charge in [0.15, 0.2) is 0 Å². The Kier molecular flexibility index (Phi) is 3.75. The monoisotopic (exact) mass is 340 g/mol. The van der Waals surface area contributed by atoms with Crippen molar-refractivity contribution in [3.63, 3.8) is 0 Å². The van der Waals surface area contributed by atoms with Gasteiger partial charge in [0.1, 0.15) is 4.88 Å². The second-order valence-corrected chi connectivity index (χ2v) is 7.04. The molecule has 0 aliphatic rings. The topological polar surface area (TPSA) is 80.9 Å². The minimum absolute atomic E-state index is 0.0463. The minimum atomic E-state index is -0.334. The number of hydrogen-bond acceptors (Lipinski definition) is 7. The van der Waals surface area contributed by atoms with E-state index < -0.39 is 0 Å². The van der Waals surface area contributed by atoms with E-state index in [0.717, 1.165) is 15.6 Å². The highest BCUT2D eigenvalue weighted by Crippen LogP contribution is 2.29. The van der Waals surface area contributed by atoms with Crippen LogP contribution in [0.3, 0.4) is 0 Å². The SMILES string of the molecule is Cc1nc(C)c(-c2nnc(NC(=O)c3ccc(Cl)s3)o2)s1. The van der Waals surface area contributed by atoms with Crippen LogP contribution in [0.1, 0.15) is 20.4 Å². The lowest BCUT2D eigenvalue weighted by Gasteiger charge is -1.96. The summed E-state index contributed by atoms with van der Waals surface area (Å²) in [5, 5.41) is 11.2. The van der Waals surface area contributed by atoms with Crippen LogP contribution in [-0.2, 0) is 0 Å². The smallest absolute Gasteiger partial charge is 0.322 e. The Hall–Kier alpha value is -1.77. The first-order chi connectivity index (χ1) is 10.0. The standard InChI is InChI=1S/C12H9ClN4O2S2/c1-5-9(20-6(2)14-5)11-16-17-12(19-11)15-10(18)7-3-4-8(13)21-7/h3-4H,1-2H3,(H,15,17,18). The molecule has 0 saturated carbocycles.